The van der Waals surface area contributed by atoms with Gasteiger partial charge >= 0.3 is 18.5 Å². The SMILES string of the molecule is CCOC(=O)c1nc(CC)n(-c2ccc(CC(C)(C)C(F)(F)F)cc2OC(F)(F)F)c1C#N. The first-order valence-corrected chi connectivity index (χ1v) is 9.79. The van der Waals surface area contributed by atoms with E-state index >= 15 is 0 Å². The lowest BCUT2D eigenvalue weighted by atomic mass is 9.85. The van der Waals surface area contributed by atoms with Crippen molar-refractivity contribution in [2.45, 2.75) is 53.1 Å². The van der Waals surface area contributed by atoms with Crippen molar-refractivity contribution in [3.8, 4) is 17.5 Å². The summed E-state index contributed by atoms with van der Waals surface area (Å²) in [5, 5.41) is 9.60. The van der Waals surface area contributed by atoms with E-state index in [-0.39, 0.29) is 35.8 Å². The van der Waals surface area contributed by atoms with Gasteiger partial charge in [0.25, 0.3) is 0 Å². The second-order valence-electron chi connectivity index (χ2n) is 7.65. The van der Waals surface area contributed by atoms with Crippen molar-refractivity contribution in [2.75, 3.05) is 6.61 Å². The van der Waals surface area contributed by atoms with E-state index in [4.69, 9.17) is 4.74 Å². The van der Waals surface area contributed by atoms with Gasteiger partial charge in [-0.05, 0) is 31.0 Å². The molecule has 0 spiro atoms. The molecule has 180 valence electrons. The fourth-order valence-electron chi connectivity index (χ4n) is 3.08. The Hall–Kier alpha value is -3.23. The van der Waals surface area contributed by atoms with Crippen LogP contribution in [-0.2, 0) is 17.6 Å². The lowest BCUT2D eigenvalue weighted by Crippen LogP contribution is -2.34. The van der Waals surface area contributed by atoms with Crippen LogP contribution in [0.5, 0.6) is 5.75 Å². The molecule has 33 heavy (non-hydrogen) atoms. The summed E-state index contributed by atoms with van der Waals surface area (Å²) in [5.74, 6) is -1.72. The minimum absolute atomic E-state index is 0.0237. The molecule has 1 heterocycles. The Labute approximate surface area is 185 Å². The first-order chi connectivity index (χ1) is 15.1. The Morgan fingerprint density at radius 1 is 1.15 bits per heavy atom. The number of imidazole rings is 1. The zero-order chi connectivity index (χ0) is 25.2. The predicted molar refractivity (Wildman–Crippen MR) is 104 cm³/mol. The van der Waals surface area contributed by atoms with Crippen LogP contribution < -0.4 is 4.74 Å². The van der Waals surface area contributed by atoms with Gasteiger partial charge in [0.15, 0.2) is 17.1 Å². The molecular weight excluding hydrogens is 456 g/mol. The molecule has 0 radical (unpaired) electrons. The number of alkyl halides is 6. The molecule has 0 unspecified atom stereocenters. The van der Waals surface area contributed by atoms with Crippen LogP contribution in [0, 0.1) is 16.7 Å². The number of nitriles is 1. The monoisotopic (exact) mass is 477 g/mol. The summed E-state index contributed by atoms with van der Waals surface area (Å²) in [4.78, 5) is 16.2. The van der Waals surface area contributed by atoms with E-state index in [1.54, 1.807) is 13.0 Å². The summed E-state index contributed by atoms with van der Waals surface area (Å²) in [5.41, 5.74) is -3.38. The highest BCUT2D eigenvalue weighted by atomic mass is 19.4. The lowest BCUT2D eigenvalue weighted by Gasteiger charge is -2.28. The van der Waals surface area contributed by atoms with Gasteiger partial charge in [0, 0.05) is 6.42 Å². The number of hydrogen-bond donors (Lipinski definition) is 0. The van der Waals surface area contributed by atoms with E-state index in [0.29, 0.717) is 0 Å². The van der Waals surface area contributed by atoms with Gasteiger partial charge in [-0.3, -0.25) is 4.57 Å². The van der Waals surface area contributed by atoms with E-state index in [9.17, 15) is 36.4 Å². The quantitative estimate of drug-likeness (QED) is 0.388. The number of hydrogen-bond acceptors (Lipinski definition) is 5. The molecule has 1 aromatic heterocycles. The third-order valence-electron chi connectivity index (χ3n) is 4.74. The van der Waals surface area contributed by atoms with Gasteiger partial charge in [-0.25, -0.2) is 9.78 Å². The van der Waals surface area contributed by atoms with Crippen LogP contribution in [0.3, 0.4) is 0 Å². The maximum atomic E-state index is 13.3. The van der Waals surface area contributed by atoms with Gasteiger partial charge in [0.05, 0.1) is 17.7 Å². The van der Waals surface area contributed by atoms with E-state index in [2.05, 4.69) is 9.72 Å². The predicted octanol–water partition coefficient (Wildman–Crippen LogP) is 5.51. The van der Waals surface area contributed by atoms with Crippen LogP contribution >= 0.6 is 0 Å². The Morgan fingerprint density at radius 2 is 1.79 bits per heavy atom. The Kier molecular flexibility index (Phi) is 7.36. The largest absolute Gasteiger partial charge is 0.573 e. The Morgan fingerprint density at radius 3 is 2.27 bits per heavy atom. The molecule has 0 aliphatic heterocycles. The number of esters is 1. The van der Waals surface area contributed by atoms with Crippen molar-refractivity contribution in [2.24, 2.45) is 5.41 Å². The molecule has 12 heteroatoms. The van der Waals surface area contributed by atoms with Crippen LogP contribution in [-0.4, -0.2) is 34.7 Å². The zero-order valence-electron chi connectivity index (χ0n) is 18.2. The molecule has 0 fully saturated rings. The first kappa shape index (κ1) is 26.0. The number of ether oxygens (including phenoxy) is 2. The highest BCUT2D eigenvalue weighted by molar-refractivity contribution is 5.90. The number of carbonyl (C=O) groups excluding carboxylic acids is 1. The van der Waals surface area contributed by atoms with Crippen molar-refractivity contribution in [3.05, 3.63) is 41.0 Å². The molecule has 0 aliphatic carbocycles. The second-order valence-corrected chi connectivity index (χ2v) is 7.65. The average Bonchev–Trinajstić information content (AvgIpc) is 3.04. The van der Waals surface area contributed by atoms with Gasteiger partial charge < -0.3 is 9.47 Å². The van der Waals surface area contributed by atoms with Gasteiger partial charge in [0.1, 0.15) is 11.9 Å². The normalized spacial score (nSPS) is 12.4. The number of aryl methyl sites for hydroxylation is 1. The van der Waals surface area contributed by atoms with Crippen molar-refractivity contribution >= 4 is 5.97 Å². The van der Waals surface area contributed by atoms with E-state index in [1.165, 1.54) is 13.0 Å². The fraction of sp³-hybridized carbons (Fsp3) is 0.476. The number of aromatic nitrogens is 2. The van der Waals surface area contributed by atoms with Crippen LogP contribution in [0.15, 0.2) is 18.2 Å². The average molecular weight is 477 g/mol. The molecule has 0 atom stereocenters. The van der Waals surface area contributed by atoms with Crippen LogP contribution in [0.25, 0.3) is 5.69 Å². The lowest BCUT2D eigenvalue weighted by molar-refractivity contribution is -0.274. The first-order valence-electron chi connectivity index (χ1n) is 9.79. The molecule has 0 aliphatic rings. The summed E-state index contributed by atoms with van der Waals surface area (Å²) in [6, 6.07) is 4.87. The third kappa shape index (κ3) is 5.77. The number of rotatable bonds is 7. The molecule has 0 amide bonds. The smallest absolute Gasteiger partial charge is 0.461 e. The minimum atomic E-state index is -5.17. The maximum absolute atomic E-state index is 13.3. The standard InChI is InChI=1S/C21H21F6N3O3/c1-5-16-29-17(18(31)32-6-2)14(11-28)30(16)13-8-7-12(9-15(13)33-21(25,26)27)10-19(3,4)20(22,23)24/h7-9H,5-6,10H2,1-4H3. The molecular formula is C21H21F6N3O3. The van der Waals surface area contributed by atoms with Gasteiger partial charge in [-0.1, -0.05) is 26.8 Å². The fourth-order valence-corrected chi connectivity index (χ4v) is 3.08. The zero-order valence-corrected chi connectivity index (χ0v) is 18.2. The van der Waals surface area contributed by atoms with Crippen LogP contribution in [0.2, 0.25) is 0 Å². The van der Waals surface area contributed by atoms with Crippen LogP contribution in [0.1, 0.15) is 55.3 Å². The van der Waals surface area contributed by atoms with E-state index in [0.717, 1.165) is 30.5 Å². The molecule has 2 rings (SSSR count). The summed E-state index contributed by atoms with van der Waals surface area (Å²) in [7, 11) is 0. The van der Waals surface area contributed by atoms with Gasteiger partial charge in [-0.2, -0.15) is 18.4 Å². The third-order valence-corrected chi connectivity index (χ3v) is 4.74. The summed E-state index contributed by atoms with van der Waals surface area (Å²) < 4.78 is 89.1. The van der Waals surface area contributed by atoms with Crippen LogP contribution in [0.4, 0.5) is 26.3 Å². The molecule has 0 bridgehead atoms. The molecule has 2 aromatic rings. The minimum Gasteiger partial charge on any atom is -0.461 e. The number of nitrogens with zero attached hydrogens (tertiary/aromatic N) is 3. The molecule has 6 nitrogen and oxygen atoms in total. The highest BCUT2D eigenvalue weighted by Crippen LogP contribution is 2.41. The van der Waals surface area contributed by atoms with E-state index in [1.807, 2.05) is 0 Å². The molecule has 0 N–H and O–H groups in total. The van der Waals surface area contributed by atoms with Gasteiger partial charge in [0.2, 0.25) is 0 Å². The second kappa shape index (κ2) is 9.33. The highest BCUT2D eigenvalue weighted by Gasteiger charge is 2.47. The Bertz CT molecular complexity index is 1060. The van der Waals surface area contributed by atoms with Gasteiger partial charge in [-0.15, -0.1) is 13.2 Å². The number of benzene rings is 1. The van der Waals surface area contributed by atoms with Crippen molar-refractivity contribution in [1.82, 2.24) is 9.55 Å². The molecule has 1 aromatic carbocycles. The van der Waals surface area contributed by atoms with Crippen molar-refractivity contribution < 1.29 is 40.6 Å². The van der Waals surface area contributed by atoms with Crippen molar-refractivity contribution in [1.29, 1.82) is 5.26 Å². The van der Waals surface area contributed by atoms with E-state index < -0.39 is 41.8 Å². The summed E-state index contributed by atoms with van der Waals surface area (Å²) in [6.07, 6.45) is -10.3. The Balaban J connectivity index is 2.72. The number of carbonyl (C=O) groups is 1. The summed E-state index contributed by atoms with van der Waals surface area (Å²) in [6.45, 7) is 4.95. The van der Waals surface area contributed by atoms with Crippen molar-refractivity contribution in [3.63, 3.8) is 0 Å². The topological polar surface area (TPSA) is 77.1 Å². The maximum Gasteiger partial charge on any atom is 0.573 e. The summed E-state index contributed by atoms with van der Waals surface area (Å²) >= 11 is 0. The molecule has 0 saturated heterocycles. The molecule has 0 saturated carbocycles. The number of halogens is 6.